The van der Waals surface area contributed by atoms with Crippen LogP contribution in [-0.4, -0.2) is 40.7 Å². The highest BCUT2D eigenvalue weighted by atomic mass is 35.5. The highest BCUT2D eigenvalue weighted by Gasteiger charge is 2.17. The van der Waals surface area contributed by atoms with Crippen molar-refractivity contribution in [3.8, 4) is 0 Å². The smallest absolute Gasteiger partial charge is 0.271 e. The first-order chi connectivity index (χ1) is 18.6. The number of benzene rings is 3. The van der Waals surface area contributed by atoms with Crippen molar-refractivity contribution in [1.82, 2.24) is 20.4 Å². The van der Waals surface area contributed by atoms with Gasteiger partial charge in [-0.15, -0.1) is 0 Å². The molecule has 0 bridgehead atoms. The van der Waals surface area contributed by atoms with Gasteiger partial charge in [-0.1, -0.05) is 35.3 Å². The summed E-state index contributed by atoms with van der Waals surface area (Å²) in [7, 11) is 3.86. The monoisotopic (exact) mass is 561 g/mol. The minimum atomic E-state index is -0.349. The Morgan fingerprint density at radius 3 is 2.36 bits per heavy atom. The average molecular weight is 562 g/mol. The summed E-state index contributed by atoms with van der Waals surface area (Å²) in [5, 5.41) is 9.42. The number of fused-ring (bicyclic) bond motifs is 3. The van der Waals surface area contributed by atoms with Crippen molar-refractivity contribution in [1.29, 1.82) is 0 Å². The molecule has 0 unspecified atom stereocenters. The number of hydrazone groups is 1. The molecule has 0 saturated heterocycles. The van der Waals surface area contributed by atoms with Gasteiger partial charge in [0.15, 0.2) is 0 Å². The fourth-order valence-corrected chi connectivity index (χ4v) is 4.85. The molecule has 0 atom stereocenters. The number of amides is 1. The van der Waals surface area contributed by atoms with E-state index in [-0.39, 0.29) is 11.5 Å². The number of aromatic amines is 2. The van der Waals surface area contributed by atoms with Crippen molar-refractivity contribution in [2.45, 2.75) is 13.8 Å². The number of hydrogen-bond acceptors (Lipinski definition) is 6. The molecule has 11 heteroatoms. The second-order valence-corrected chi connectivity index (χ2v) is 10.0. The highest BCUT2D eigenvalue weighted by Crippen LogP contribution is 2.33. The lowest BCUT2D eigenvalue weighted by Gasteiger charge is -2.12. The van der Waals surface area contributed by atoms with Crippen LogP contribution in [0.4, 0.5) is 17.3 Å². The van der Waals surface area contributed by atoms with Crippen molar-refractivity contribution in [3.05, 3.63) is 91.8 Å². The number of hydrogen-bond donors (Lipinski definition) is 4. The fraction of sp³-hybridized carbons (Fsp3) is 0.143. The Labute approximate surface area is 233 Å². The molecule has 0 aliphatic heterocycles. The Hall–Kier alpha value is -4.34. The van der Waals surface area contributed by atoms with Crippen LogP contribution < -0.4 is 21.2 Å². The zero-order chi connectivity index (χ0) is 27.8. The molecule has 2 aromatic heterocycles. The third kappa shape index (κ3) is 5.06. The van der Waals surface area contributed by atoms with Gasteiger partial charge in [-0.05, 0) is 67.3 Å². The van der Waals surface area contributed by atoms with Gasteiger partial charge in [-0.3, -0.25) is 9.59 Å². The topological polar surface area (TPSA) is 118 Å². The fourth-order valence-electron chi connectivity index (χ4n) is 4.35. The van der Waals surface area contributed by atoms with E-state index in [1.807, 2.05) is 50.2 Å². The summed E-state index contributed by atoms with van der Waals surface area (Å²) in [5.41, 5.74) is 7.19. The van der Waals surface area contributed by atoms with E-state index >= 15 is 0 Å². The Morgan fingerprint density at radius 1 is 1.00 bits per heavy atom. The number of halogens is 2. The Bertz CT molecular complexity index is 1800. The van der Waals surface area contributed by atoms with Crippen molar-refractivity contribution in [2.75, 3.05) is 24.3 Å². The number of anilines is 3. The van der Waals surface area contributed by atoms with Gasteiger partial charge in [0.2, 0.25) is 5.95 Å². The van der Waals surface area contributed by atoms with Crippen LogP contribution >= 0.6 is 23.2 Å². The summed E-state index contributed by atoms with van der Waals surface area (Å²) in [5.74, 6) is 0.0472. The van der Waals surface area contributed by atoms with Crippen molar-refractivity contribution in [3.63, 3.8) is 0 Å². The molecule has 2 heterocycles. The van der Waals surface area contributed by atoms with Crippen LogP contribution in [0.1, 0.15) is 28.5 Å². The molecule has 0 aliphatic rings. The third-order valence-electron chi connectivity index (χ3n) is 6.44. The molecule has 5 rings (SSSR count). The van der Waals surface area contributed by atoms with Crippen molar-refractivity contribution in [2.24, 2.45) is 5.10 Å². The van der Waals surface area contributed by atoms with Gasteiger partial charge in [-0.25, -0.2) is 10.4 Å². The Morgan fingerprint density at radius 2 is 1.69 bits per heavy atom. The highest BCUT2D eigenvalue weighted by molar-refractivity contribution is 6.39. The number of nitrogens with zero attached hydrogens (tertiary/aromatic N) is 3. The van der Waals surface area contributed by atoms with Crippen molar-refractivity contribution >= 4 is 73.9 Å². The predicted molar refractivity (Wildman–Crippen MR) is 159 cm³/mol. The summed E-state index contributed by atoms with van der Waals surface area (Å²) in [4.78, 5) is 38.5. The maximum atomic E-state index is 13.3. The van der Waals surface area contributed by atoms with E-state index in [1.165, 1.54) is 0 Å². The van der Waals surface area contributed by atoms with E-state index in [1.54, 1.807) is 37.3 Å². The predicted octanol–water partition coefficient (Wildman–Crippen LogP) is 5.98. The number of carbonyl (C=O) groups excluding carboxylic acids is 1. The van der Waals surface area contributed by atoms with E-state index in [0.717, 1.165) is 16.6 Å². The van der Waals surface area contributed by atoms with E-state index in [4.69, 9.17) is 23.2 Å². The molecule has 9 nitrogen and oxygen atoms in total. The van der Waals surface area contributed by atoms with Gasteiger partial charge in [0.1, 0.15) is 0 Å². The number of nitrogens with one attached hydrogen (secondary N) is 4. The van der Waals surface area contributed by atoms with E-state index in [2.05, 4.69) is 30.8 Å². The van der Waals surface area contributed by atoms with Crippen molar-refractivity contribution < 1.29 is 4.79 Å². The largest absolute Gasteiger partial charge is 0.378 e. The van der Waals surface area contributed by atoms with Crippen LogP contribution in [0.2, 0.25) is 10.0 Å². The molecule has 4 N–H and O–H groups in total. The molecular formula is C28H25Cl2N7O2. The number of para-hydroxylation sites is 1. The molecule has 39 heavy (non-hydrogen) atoms. The molecule has 5 aromatic rings. The molecule has 0 aliphatic carbocycles. The maximum absolute atomic E-state index is 13.3. The van der Waals surface area contributed by atoms with Crippen LogP contribution in [0.25, 0.3) is 21.8 Å². The summed E-state index contributed by atoms with van der Waals surface area (Å²) < 4.78 is 0. The first-order valence-corrected chi connectivity index (χ1v) is 12.8. The second-order valence-electron chi connectivity index (χ2n) is 9.22. The van der Waals surface area contributed by atoms with Crippen LogP contribution in [0.15, 0.2) is 64.5 Å². The maximum Gasteiger partial charge on any atom is 0.271 e. The first-order valence-electron chi connectivity index (χ1n) is 12.0. The normalized spacial score (nSPS) is 11.7. The third-order valence-corrected chi connectivity index (χ3v) is 7.07. The lowest BCUT2D eigenvalue weighted by molar-refractivity contribution is 0.0955. The van der Waals surface area contributed by atoms with E-state index in [0.29, 0.717) is 55.1 Å². The number of imidazole rings is 1. The second kappa shape index (κ2) is 10.4. The number of aryl methyl sites for hydroxylation is 1. The van der Waals surface area contributed by atoms with Gasteiger partial charge in [0.25, 0.3) is 11.5 Å². The number of H-pyrrole nitrogens is 2. The number of pyridine rings is 1. The summed E-state index contributed by atoms with van der Waals surface area (Å²) >= 11 is 12.6. The van der Waals surface area contributed by atoms with Crippen LogP contribution in [0, 0.1) is 6.92 Å². The van der Waals surface area contributed by atoms with Crippen LogP contribution in [0.3, 0.4) is 0 Å². The minimum absolute atomic E-state index is 0.317. The lowest BCUT2D eigenvalue weighted by atomic mass is 10.0. The van der Waals surface area contributed by atoms with Gasteiger partial charge in [-0.2, -0.15) is 5.10 Å². The molecule has 0 saturated carbocycles. The molecule has 0 fully saturated rings. The molecule has 3 aromatic carbocycles. The lowest BCUT2D eigenvalue weighted by Crippen LogP contribution is -2.21. The Kier molecular flexibility index (Phi) is 7.03. The van der Waals surface area contributed by atoms with Crippen LogP contribution in [0.5, 0.6) is 0 Å². The average Bonchev–Trinajstić information content (AvgIpc) is 3.33. The van der Waals surface area contributed by atoms with Gasteiger partial charge in [0.05, 0.1) is 43.6 Å². The molecule has 0 spiro atoms. The quantitative estimate of drug-likeness (QED) is 0.150. The van der Waals surface area contributed by atoms with E-state index < -0.39 is 0 Å². The molecule has 0 radical (unpaired) electrons. The SMILES string of the molecule is CC(=NNC(=O)c1ccc(N(C)C)cc1)c1[nH]c(=O)c2c(ccc3nc(Nc4c(Cl)cccc4Cl)[nH]c32)c1C. The van der Waals surface area contributed by atoms with Gasteiger partial charge < -0.3 is 20.2 Å². The zero-order valence-electron chi connectivity index (χ0n) is 21.6. The standard InChI is InChI=1S/C28H25Cl2N7O2/c1-14-18-12-13-21-25(34-28(31-21)33-24-19(29)6-5-7-20(24)30)22(18)27(39)32-23(14)15(2)35-36-26(38)16-8-10-17(11-9-16)37(3)4/h5-13H,1-4H3,(H,32,39)(H,36,38)(H2,31,33,34). The summed E-state index contributed by atoms with van der Waals surface area (Å²) in [6, 6.07) is 16.0. The van der Waals surface area contributed by atoms with E-state index in [9.17, 15) is 9.59 Å². The summed E-state index contributed by atoms with van der Waals surface area (Å²) in [6.45, 7) is 3.61. The van der Waals surface area contributed by atoms with Gasteiger partial charge in [0, 0.05) is 25.3 Å². The molecule has 198 valence electrons. The summed E-state index contributed by atoms with van der Waals surface area (Å²) in [6.07, 6.45) is 0. The molecular weight excluding hydrogens is 537 g/mol. The number of rotatable bonds is 6. The number of aromatic nitrogens is 3. The van der Waals surface area contributed by atoms with Crippen LogP contribution in [-0.2, 0) is 0 Å². The molecule has 1 amide bonds. The zero-order valence-corrected chi connectivity index (χ0v) is 23.1. The first kappa shape index (κ1) is 26.3. The van der Waals surface area contributed by atoms with Gasteiger partial charge >= 0.3 is 0 Å². The minimum Gasteiger partial charge on any atom is -0.378 e. The number of carbonyl (C=O) groups is 1. The Balaban J connectivity index is 1.46.